The molecule has 0 unspecified atom stereocenters. The molecule has 2 aromatic carbocycles. The molecule has 0 saturated heterocycles. The molecule has 0 fully saturated rings. The van der Waals surface area contributed by atoms with Crippen LogP contribution in [0, 0.1) is 23.3 Å². The second kappa shape index (κ2) is 16.5. The maximum Gasteiger partial charge on any atom is 0.276 e. The van der Waals surface area contributed by atoms with E-state index in [1.165, 1.54) is 60.1 Å². The summed E-state index contributed by atoms with van der Waals surface area (Å²) >= 11 is 6.21. The van der Waals surface area contributed by atoms with Gasteiger partial charge in [-0.15, -0.1) is 0 Å². The number of nitrogens with zero attached hydrogens (tertiary/aromatic N) is 7. The molecular formula is C36H32ClF4N9O4. The molecule has 4 aromatic heterocycles. The Morgan fingerprint density at radius 3 is 1.50 bits per heavy atom. The van der Waals surface area contributed by atoms with Gasteiger partial charge in [0.1, 0.15) is 34.6 Å². The van der Waals surface area contributed by atoms with E-state index in [2.05, 4.69) is 30.8 Å². The van der Waals surface area contributed by atoms with Crippen molar-refractivity contribution in [3.63, 3.8) is 0 Å². The monoisotopic (exact) mass is 765 g/mol. The van der Waals surface area contributed by atoms with Gasteiger partial charge in [0.2, 0.25) is 11.8 Å². The number of carbonyl (C=O) groups is 2. The Hall–Kier alpha value is -6.49. The molecule has 0 saturated carbocycles. The summed E-state index contributed by atoms with van der Waals surface area (Å²) in [6, 6.07) is 12.9. The predicted octanol–water partition coefficient (Wildman–Crippen LogP) is 6.76. The number of benzene rings is 2. The first kappa shape index (κ1) is 38.7. The molecule has 0 aliphatic heterocycles. The SMILES string of the molecule is COc1cc(Cl)c(-c2cc(C(=O)Nc3c(F)cccc3F)nn2C)cn1.COc1cc(N(C)C)c(-c2cc(C(=O)Nc3c(F)cccc3F)nn2C)cn1. The van der Waals surface area contributed by atoms with E-state index in [0.29, 0.717) is 33.7 Å². The molecule has 0 radical (unpaired) electrons. The molecule has 2 N–H and O–H groups in total. The molecule has 0 spiro atoms. The van der Waals surface area contributed by atoms with Gasteiger partial charge in [-0.05, 0) is 36.4 Å². The van der Waals surface area contributed by atoms with Crippen molar-refractivity contribution < 1.29 is 36.6 Å². The highest BCUT2D eigenvalue weighted by Gasteiger charge is 2.21. The minimum atomic E-state index is -0.878. The smallest absolute Gasteiger partial charge is 0.276 e. The average Bonchev–Trinajstić information content (AvgIpc) is 3.73. The van der Waals surface area contributed by atoms with Crippen molar-refractivity contribution in [2.24, 2.45) is 14.1 Å². The zero-order valence-electron chi connectivity index (χ0n) is 29.6. The standard InChI is InChI=1S/C19H19F2N5O2.C17H13ClF2N4O2/c1-25(2)15-9-17(28-4)22-10-11(15)16-8-14(24-26(16)3)19(27)23-18-12(20)6-5-7-13(18)21;1-24-14(9-8-21-15(26-2)6-10(9)18)7-13(23-24)17(25)22-16-11(19)4-3-5-12(16)20/h5-10H,1-4H3,(H,23,27);3-8H,1-2H3,(H,22,25). The van der Waals surface area contributed by atoms with Gasteiger partial charge < -0.3 is 25.0 Å². The van der Waals surface area contributed by atoms with Crippen LogP contribution < -0.4 is 25.0 Å². The average molecular weight is 766 g/mol. The van der Waals surface area contributed by atoms with E-state index in [9.17, 15) is 27.2 Å². The third-order valence-electron chi connectivity index (χ3n) is 7.76. The van der Waals surface area contributed by atoms with Crippen LogP contribution in [0.25, 0.3) is 22.5 Å². The fourth-order valence-corrected chi connectivity index (χ4v) is 5.31. The number of aromatic nitrogens is 6. The molecule has 18 heteroatoms. The van der Waals surface area contributed by atoms with E-state index in [-0.39, 0.29) is 11.4 Å². The van der Waals surface area contributed by atoms with Crippen LogP contribution in [-0.4, -0.2) is 69.7 Å². The molecule has 2 amide bonds. The van der Waals surface area contributed by atoms with E-state index in [4.69, 9.17) is 21.1 Å². The number of methoxy groups -OCH3 is 2. The highest BCUT2D eigenvalue weighted by molar-refractivity contribution is 6.33. The van der Waals surface area contributed by atoms with Gasteiger partial charge in [-0.3, -0.25) is 19.0 Å². The summed E-state index contributed by atoms with van der Waals surface area (Å²) in [6.45, 7) is 0. The fraction of sp³-hybridized carbons (Fsp3) is 0.167. The summed E-state index contributed by atoms with van der Waals surface area (Å²) in [7, 11) is 9.99. The minimum Gasteiger partial charge on any atom is -0.481 e. The minimum absolute atomic E-state index is 0.0145. The molecule has 6 rings (SSSR count). The maximum absolute atomic E-state index is 13.8. The number of nitrogens with one attached hydrogen (secondary N) is 2. The lowest BCUT2D eigenvalue weighted by Crippen LogP contribution is -2.15. The number of ether oxygens (including phenoxy) is 2. The van der Waals surface area contributed by atoms with E-state index in [1.807, 2.05) is 19.0 Å². The van der Waals surface area contributed by atoms with Crippen LogP contribution in [-0.2, 0) is 14.1 Å². The maximum atomic E-state index is 13.8. The number of anilines is 3. The number of amides is 2. The van der Waals surface area contributed by atoms with Crippen LogP contribution >= 0.6 is 11.6 Å². The molecular weight excluding hydrogens is 734 g/mol. The number of hydrogen-bond donors (Lipinski definition) is 2. The van der Waals surface area contributed by atoms with Crippen LogP contribution in [0.3, 0.4) is 0 Å². The first-order chi connectivity index (χ1) is 25.7. The van der Waals surface area contributed by atoms with Crippen molar-refractivity contribution in [2.75, 3.05) is 43.8 Å². The number of para-hydroxylation sites is 2. The van der Waals surface area contributed by atoms with Crippen molar-refractivity contribution in [2.45, 2.75) is 0 Å². The number of rotatable bonds is 9. The Balaban J connectivity index is 0.000000208. The molecule has 0 aliphatic carbocycles. The lowest BCUT2D eigenvalue weighted by molar-refractivity contribution is 0.101. The van der Waals surface area contributed by atoms with E-state index < -0.39 is 46.5 Å². The number of pyridine rings is 2. The van der Waals surface area contributed by atoms with E-state index in [1.54, 1.807) is 26.4 Å². The Bertz CT molecular complexity index is 2310. The van der Waals surface area contributed by atoms with Gasteiger partial charge in [-0.2, -0.15) is 10.2 Å². The summed E-state index contributed by atoms with van der Waals surface area (Å²) in [5, 5.41) is 13.0. The van der Waals surface area contributed by atoms with Crippen molar-refractivity contribution in [1.82, 2.24) is 29.5 Å². The van der Waals surface area contributed by atoms with Crippen LogP contribution in [0.5, 0.6) is 11.8 Å². The van der Waals surface area contributed by atoms with Gasteiger partial charge in [-0.25, -0.2) is 27.5 Å². The third-order valence-corrected chi connectivity index (χ3v) is 8.08. The van der Waals surface area contributed by atoms with E-state index >= 15 is 0 Å². The van der Waals surface area contributed by atoms with Gasteiger partial charge in [0.15, 0.2) is 11.4 Å². The predicted molar refractivity (Wildman–Crippen MR) is 194 cm³/mol. The van der Waals surface area contributed by atoms with Gasteiger partial charge in [0.25, 0.3) is 11.8 Å². The second-order valence-corrected chi connectivity index (χ2v) is 11.9. The first-order valence-electron chi connectivity index (χ1n) is 15.7. The largest absolute Gasteiger partial charge is 0.481 e. The topological polar surface area (TPSA) is 141 Å². The Labute approximate surface area is 311 Å². The van der Waals surface area contributed by atoms with Crippen LogP contribution in [0.15, 0.2) is 73.1 Å². The highest BCUT2D eigenvalue weighted by Crippen LogP contribution is 2.33. The van der Waals surface area contributed by atoms with E-state index in [0.717, 1.165) is 35.5 Å². The zero-order chi connectivity index (χ0) is 39.3. The zero-order valence-corrected chi connectivity index (χ0v) is 30.3. The second-order valence-electron chi connectivity index (χ2n) is 11.5. The summed E-state index contributed by atoms with van der Waals surface area (Å²) in [4.78, 5) is 34.9. The normalized spacial score (nSPS) is 10.6. The molecule has 6 aromatic rings. The number of hydrogen-bond acceptors (Lipinski definition) is 9. The van der Waals surface area contributed by atoms with Gasteiger partial charge in [0, 0.05) is 63.8 Å². The summed E-state index contributed by atoms with van der Waals surface area (Å²) in [5.41, 5.74) is 2.10. The van der Waals surface area contributed by atoms with Crippen molar-refractivity contribution >= 4 is 40.5 Å². The van der Waals surface area contributed by atoms with Gasteiger partial charge in [-0.1, -0.05) is 23.7 Å². The van der Waals surface area contributed by atoms with Crippen molar-refractivity contribution in [1.29, 1.82) is 0 Å². The Kier molecular flexibility index (Phi) is 11.8. The molecule has 0 bridgehead atoms. The summed E-state index contributed by atoms with van der Waals surface area (Å²) in [5.74, 6) is -4.17. The Morgan fingerprint density at radius 2 is 1.09 bits per heavy atom. The Morgan fingerprint density at radius 1 is 0.685 bits per heavy atom. The van der Waals surface area contributed by atoms with Crippen LogP contribution in [0.1, 0.15) is 21.0 Å². The van der Waals surface area contributed by atoms with Gasteiger partial charge in [0.05, 0.1) is 36.3 Å². The third kappa shape index (κ3) is 8.42. The van der Waals surface area contributed by atoms with Crippen molar-refractivity contribution in [3.05, 3.63) is 113 Å². The lowest BCUT2D eigenvalue weighted by Gasteiger charge is -2.17. The quantitative estimate of drug-likeness (QED) is 0.153. The molecule has 280 valence electrons. The molecule has 54 heavy (non-hydrogen) atoms. The fourth-order valence-electron chi connectivity index (χ4n) is 5.07. The molecule has 4 heterocycles. The van der Waals surface area contributed by atoms with Crippen molar-refractivity contribution in [3.8, 4) is 34.3 Å². The molecule has 13 nitrogen and oxygen atoms in total. The highest BCUT2D eigenvalue weighted by atomic mass is 35.5. The summed E-state index contributed by atoms with van der Waals surface area (Å²) < 4.78 is 68.0. The molecule has 0 atom stereocenters. The summed E-state index contributed by atoms with van der Waals surface area (Å²) in [6.07, 6.45) is 3.10. The lowest BCUT2D eigenvalue weighted by atomic mass is 10.1. The van der Waals surface area contributed by atoms with Gasteiger partial charge >= 0.3 is 0 Å². The number of halogens is 5. The number of aryl methyl sites for hydroxylation is 2. The molecule has 0 aliphatic rings. The van der Waals surface area contributed by atoms with Crippen LogP contribution in [0.2, 0.25) is 5.02 Å². The first-order valence-corrected chi connectivity index (χ1v) is 16.1. The number of carbonyl (C=O) groups excluding carboxylic acids is 2. The van der Waals surface area contributed by atoms with Crippen LogP contribution in [0.4, 0.5) is 34.6 Å².